The van der Waals surface area contributed by atoms with Gasteiger partial charge in [0.25, 0.3) is 0 Å². The van der Waals surface area contributed by atoms with Crippen molar-refractivity contribution >= 4 is 16.7 Å². The number of aromatic nitrogens is 4. The zero-order chi connectivity index (χ0) is 13.4. The van der Waals surface area contributed by atoms with Gasteiger partial charge in [-0.25, -0.2) is 4.98 Å². The Morgan fingerprint density at radius 3 is 2.63 bits per heavy atom. The van der Waals surface area contributed by atoms with E-state index in [-0.39, 0.29) is 0 Å². The maximum atomic E-state index is 4.31. The predicted molar refractivity (Wildman–Crippen MR) is 76.2 cm³/mol. The molecule has 0 aliphatic rings. The van der Waals surface area contributed by atoms with Gasteiger partial charge in [0, 0.05) is 37.7 Å². The van der Waals surface area contributed by atoms with Crippen molar-refractivity contribution in [3.63, 3.8) is 0 Å². The molecule has 5 heteroatoms. The quantitative estimate of drug-likeness (QED) is 0.762. The number of hydrogen-bond donors (Lipinski definition) is 1. The molecule has 3 rings (SSSR count). The molecule has 1 N–H and O–H groups in total. The van der Waals surface area contributed by atoms with Crippen molar-refractivity contribution in [2.24, 2.45) is 0 Å². The van der Waals surface area contributed by atoms with Crippen LogP contribution in [-0.2, 0) is 0 Å². The Morgan fingerprint density at radius 2 is 1.89 bits per heavy atom. The van der Waals surface area contributed by atoms with Crippen LogP contribution in [-0.4, -0.2) is 34.3 Å². The van der Waals surface area contributed by atoms with Crippen LogP contribution in [0.3, 0.4) is 0 Å². The standard InChI is InChI=1S/C14H15N5/c1-9-8-10(4-6-15-9)13-12-11(19(2)3)5-7-16-14(12)18-17-13/h4-8H,1-3H3,(H,16,17,18). The van der Waals surface area contributed by atoms with E-state index in [1.807, 2.05) is 45.4 Å². The van der Waals surface area contributed by atoms with Gasteiger partial charge in [0.1, 0.15) is 0 Å². The number of nitrogens with one attached hydrogen (secondary N) is 1. The van der Waals surface area contributed by atoms with Gasteiger partial charge in [0.05, 0.1) is 16.8 Å². The van der Waals surface area contributed by atoms with Crippen LogP contribution in [0.2, 0.25) is 0 Å². The number of fused-ring (bicyclic) bond motifs is 1. The summed E-state index contributed by atoms with van der Waals surface area (Å²) in [5, 5.41) is 8.41. The molecule has 0 aliphatic heterocycles. The van der Waals surface area contributed by atoms with Crippen LogP contribution < -0.4 is 4.90 Å². The van der Waals surface area contributed by atoms with E-state index in [4.69, 9.17) is 0 Å². The van der Waals surface area contributed by atoms with Crippen molar-refractivity contribution in [3.05, 3.63) is 36.3 Å². The van der Waals surface area contributed by atoms with Crippen LogP contribution in [0.15, 0.2) is 30.6 Å². The van der Waals surface area contributed by atoms with E-state index in [0.29, 0.717) is 0 Å². The van der Waals surface area contributed by atoms with Crippen LogP contribution >= 0.6 is 0 Å². The maximum Gasteiger partial charge on any atom is 0.183 e. The minimum atomic E-state index is 0.732. The number of rotatable bonds is 2. The molecule has 3 aromatic heterocycles. The summed E-state index contributed by atoms with van der Waals surface area (Å²) in [6.07, 6.45) is 3.59. The third-order valence-corrected chi connectivity index (χ3v) is 3.10. The molecule has 0 aliphatic carbocycles. The Balaban J connectivity index is 2.30. The van der Waals surface area contributed by atoms with Crippen molar-refractivity contribution in [3.8, 4) is 11.3 Å². The zero-order valence-electron chi connectivity index (χ0n) is 11.2. The topological polar surface area (TPSA) is 57.7 Å². The Labute approximate surface area is 111 Å². The third kappa shape index (κ3) is 1.93. The number of pyridine rings is 2. The summed E-state index contributed by atoms with van der Waals surface area (Å²) in [7, 11) is 4.03. The lowest BCUT2D eigenvalue weighted by Crippen LogP contribution is -2.09. The highest BCUT2D eigenvalue weighted by Gasteiger charge is 2.14. The first-order valence-electron chi connectivity index (χ1n) is 6.10. The molecule has 0 spiro atoms. The summed E-state index contributed by atoms with van der Waals surface area (Å²) in [5.74, 6) is 0. The lowest BCUT2D eigenvalue weighted by molar-refractivity contribution is 1.10. The summed E-state index contributed by atoms with van der Waals surface area (Å²) in [5.41, 5.74) is 4.87. The van der Waals surface area contributed by atoms with Crippen molar-refractivity contribution in [1.29, 1.82) is 0 Å². The smallest absolute Gasteiger partial charge is 0.183 e. The highest BCUT2D eigenvalue weighted by Crippen LogP contribution is 2.32. The van der Waals surface area contributed by atoms with Gasteiger partial charge in [-0.3, -0.25) is 10.1 Å². The minimum absolute atomic E-state index is 0.732. The Kier molecular flexibility index (Phi) is 2.67. The maximum absolute atomic E-state index is 4.31. The zero-order valence-corrected chi connectivity index (χ0v) is 11.2. The van der Waals surface area contributed by atoms with E-state index in [2.05, 4.69) is 25.1 Å². The summed E-state index contributed by atoms with van der Waals surface area (Å²) in [6, 6.07) is 6.02. The summed E-state index contributed by atoms with van der Waals surface area (Å²) in [4.78, 5) is 10.6. The summed E-state index contributed by atoms with van der Waals surface area (Å²) >= 11 is 0. The van der Waals surface area contributed by atoms with Gasteiger partial charge >= 0.3 is 0 Å². The van der Waals surface area contributed by atoms with Gasteiger partial charge in [-0.15, -0.1) is 0 Å². The van der Waals surface area contributed by atoms with Crippen molar-refractivity contribution in [2.45, 2.75) is 6.92 Å². The number of aryl methyl sites for hydroxylation is 1. The second kappa shape index (κ2) is 4.35. The van der Waals surface area contributed by atoms with Crippen LogP contribution in [0.1, 0.15) is 5.69 Å². The van der Waals surface area contributed by atoms with Crippen LogP contribution in [0.25, 0.3) is 22.3 Å². The molecule has 0 aromatic carbocycles. The molecule has 5 nitrogen and oxygen atoms in total. The average molecular weight is 253 g/mol. The molecular weight excluding hydrogens is 238 g/mol. The van der Waals surface area contributed by atoms with Crippen LogP contribution in [0, 0.1) is 6.92 Å². The van der Waals surface area contributed by atoms with E-state index in [9.17, 15) is 0 Å². The Bertz CT molecular complexity index is 730. The fraction of sp³-hybridized carbons (Fsp3) is 0.214. The molecule has 0 saturated carbocycles. The van der Waals surface area contributed by atoms with Gasteiger partial charge < -0.3 is 4.90 Å². The van der Waals surface area contributed by atoms with Gasteiger partial charge in [-0.1, -0.05) is 0 Å². The molecule has 0 atom stereocenters. The Morgan fingerprint density at radius 1 is 1.11 bits per heavy atom. The number of nitrogens with zero attached hydrogens (tertiary/aromatic N) is 4. The molecule has 3 aromatic rings. The van der Waals surface area contributed by atoms with Crippen LogP contribution in [0.5, 0.6) is 0 Å². The lowest BCUT2D eigenvalue weighted by Gasteiger charge is -2.13. The van der Waals surface area contributed by atoms with Crippen molar-refractivity contribution in [1.82, 2.24) is 20.2 Å². The highest BCUT2D eigenvalue weighted by molar-refractivity contribution is 6.00. The van der Waals surface area contributed by atoms with Gasteiger partial charge in [-0.2, -0.15) is 5.10 Å². The first-order valence-corrected chi connectivity index (χ1v) is 6.10. The minimum Gasteiger partial charge on any atom is -0.377 e. The van der Waals surface area contributed by atoms with Gasteiger partial charge in [-0.05, 0) is 25.1 Å². The van der Waals surface area contributed by atoms with Gasteiger partial charge in [0.2, 0.25) is 0 Å². The second-order valence-electron chi connectivity index (χ2n) is 4.71. The van der Waals surface area contributed by atoms with Crippen molar-refractivity contribution in [2.75, 3.05) is 19.0 Å². The lowest BCUT2D eigenvalue weighted by atomic mass is 10.1. The molecule has 3 heterocycles. The monoisotopic (exact) mass is 253 g/mol. The molecule has 0 bridgehead atoms. The molecule has 19 heavy (non-hydrogen) atoms. The molecule has 0 unspecified atom stereocenters. The first-order chi connectivity index (χ1) is 9.16. The highest BCUT2D eigenvalue weighted by atomic mass is 15.2. The second-order valence-corrected chi connectivity index (χ2v) is 4.71. The number of hydrogen-bond acceptors (Lipinski definition) is 4. The van der Waals surface area contributed by atoms with Crippen LogP contribution in [0.4, 0.5) is 5.69 Å². The first kappa shape index (κ1) is 11.6. The Hall–Kier alpha value is -2.43. The van der Waals surface area contributed by atoms with Crippen molar-refractivity contribution < 1.29 is 0 Å². The van der Waals surface area contributed by atoms with E-state index >= 15 is 0 Å². The van der Waals surface area contributed by atoms with E-state index in [1.54, 1.807) is 6.20 Å². The molecular formula is C14H15N5. The molecule has 96 valence electrons. The number of H-pyrrole nitrogens is 1. The normalized spacial score (nSPS) is 10.9. The number of anilines is 1. The molecule has 0 radical (unpaired) electrons. The summed E-state index contributed by atoms with van der Waals surface area (Å²) < 4.78 is 0. The average Bonchev–Trinajstić information content (AvgIpc) is 2.82. The number of aromatic amines is 1. The summed E-state index contributed by atoms with van der Waals surface area (Å²) in [6.45, 7) is 1.98. The fourth-order valence-electron chi connectivity index (χ4n) is 2.21. The molecule has 0 amide bonds. The molecule has 0 saturated heterocycles. The largest absolute Gasteiger partial charge is 0.377 e. The molecule has 0 fully saturated rings. The van der Waals surface area contributed by atoms with E-state index < -0.39 is 0 Å². The third-order valence-electron chi connectivity index (χ3n) is 3.10. The predicted octanol–water partition coefficient (Wildman–Crippen LogP) is 2.39. The fourth-order valence-corrected chi connectivity index (χ4v) is 2.21. The SMILES string of the molecule is Cc1cc(-c2[nH]nc3nccc(N(C)C)c23)ccn1. The van der Waals surface area contributed by atoms with E-state index in [0.717, 1.165) is 33.7 Å². The van der Waals surface area contributed by atoms with E-state index in [1.165, 1.54) is 0 Å². The van der Waals surface area contributed by atoms with Gasteiger partial charge in [0.15, 0.2) is 5.65 Å².